The summed E-state index contributed by atoms with van der Waals surface area (Å²) in [5, 5.41) is 6.97. The lowest BCUT2D eigenvalue weighted by Crippen LogP contribution is -2.25. The molecule has 19 heavy (non-hydrogen) atoms. The van der Waals surface area contributed by atoms with E-state index in [0.717, 1.165) is 16.9 Å². The van der Waals surface area contributed by atoms with Crippen LogP contribution in [0.5, 0.6) is 0 Å². The lowest BCUT2D eigenvalue weighted by Gasteiger charge is -2.15. The largest absolute Gasteiger partial charge is 0.295 e. The van der Waals surface area contributed by atoms with Gasteiger partial charge in [-0.05, 0) is 5.56 Å². The summed E-state index contributed by atoms with van der Waals surface area (Å²) in [7, 11) is 0. The molecule has 3 rings (SSSR count). The molecule has 0 saturated carbocycles. The highest BCUT2D eigenvalue weighted by Crippen LogP contribution is 2.32. The number of aromatic nitrogens is 2. The highest BCUT2D eigenvalue weighted by atomic mass is 16.2. The van der Waals surface area contributed by atoms with Gasteiger partial charge < -0.3 is 0 Å². The Kier molecular flexibility index (Phi) is 2.81. The molecule has 1 fully saturated rings. The zero-order chi connectivity index (χ0) is 13.2. The molecule has 0 radical (unpaired) electrons. The van der Waals surface area contributed by atoms with Crippen LogP contribution in [-0.2, 0) is 4.79 Å². The summed E-state index contributed by atoms with van der Waals surface area (Å²) in [5.74, 6) is 3.41. The number of carbonyl (C=O) groups excluding carboxylic acids is 1. The minimum Gasteiger partial charge on any atom is -0.295 e. The van der Waals surface area contributed by atoms with E-state index < -0.39 is 0 Å². The molecule has 1 aliphatic heterocycles. The van der Waals surface area contributed by atoms with Gasteiger partial charge in [-0.2, -0.15) is 5.10 Å². The number of nitrogens with zero attached hydrogens (tertiary/aromatic N) is 2. The lowest BCUT2D eigenvalue weighted by atomic mass is 10.1. The number of nitrogens with one attached hydrogen (secondary N) is 1. The molecule has 0 bridgehead atoms. The number of aromatic amines is 1. The van der Waals surface area contributed by atoms with E-state index in [1.54, 1.807) is 11.1 Å². The van der Waals surface area contributed by atoms with Gasteiger partial charge in [0.05, 0.1) is 6.20 Å². The number of terminal acetylenes is 1. The van der Waals surface area contributed by atoms with Crippen molar-refractivity contribution >= 4 is 11.7 Å². The number of amides is 1. The second kappa shape index (κ2) is 4.62. The van der Waals surface area contributed by atoms with Crippen molar-refractivity contribution in [3.63, 3.8) is 0 Å². The number of hydrogen-bond donors (Lipinski definition) is 1. The van der Waals surface area contributed by atoms with Crippen LogP contribution in [0.25, 0.3) is 11.1 Å². The van der Waals surface area contributed by atoms with E-state index in [2.05, 4.69) is 16.1 Å². The quantitative estimate of drug-likeness (QED) is 0.830. The van der Waals surface area contributed by atoms with E-state index >= 15 is 0 Å². The van der Waals surface area contributed by atoms with Crippen molar-refractivity contribution in [2.75, 3.05) is 11.4 Å². The minimum atomic E-state index is -0.0144. The second-order valence-electron chi connectivity index (χ2n) is 4.57. The van der Waals surface area contributed by atoms with Gasteiger partial charge in [-0.15, -0.1) is 12.3 Å². The number of benzene rings is 1. The maximum atomic E-state index is 12.0. The van der Waals surface area contributed by atoms with Gasteiger partial charge in [-0.1, -0.05) is 30.3 Å². The van der Waals surface area contributed by atoms with Crippen LogP contribution in [0.3, 0.4) is 0 Å². The Morgan fingerprint density at radius 3 is 2.84 bits per heavy atom. The highest BCUT2D eigenvalue weighted by molar-refractivity contribution is 5.98. The van der Waals surface area contributed by atoms with Gasteiger partial charge in [-0.3, -0.25) is 14.8 Å². The molecule has 1 aromatic carbocycles. The molecule has 4 heteroatoms. The van der Waals surface area contributed by atoms with Crippen LogP contribution in [0.1, 0.15) is 6.42 Å². The molecule has 0 spiro atoms. The average molecular weight is 251 g/mol. The average Bonchev–Trinajstić information content (AvgIpc) is 3.05. The maximum absolute atomic E-state index is 12.0. The normalized spacial score (nSPS) is 18.6. The van der Waals surface area contributed by atoms with Crippen molar-refractivity contribution in [1.29, 1.82) is 0 Å². The van der Waals surface area contributed by atoms with E-state index in [1.807, 2.05) is 30.3 Å². The van der Waals surface area contributed by atoms with Crippen molar-refractivity contribution in [2.24, 2.45) is 5.92 Å². The number of hydrogen-bond acceptors (Lipinski definition) is 2. The fraction of sp³-hybridized carbons (Fsp3) is 0.200. The van der Waals surface area contributed by atoms with Gasteiger partial charge in [-0.25, -0.2) is 0 Å². The molecule has 1 N–H and O–H groups in total. The SMILES string of the molecule is C#CC1CC(=O)N(c2[nH]ncc2-c2ccccc2)C1. The molecule has 1 aromatic heterocycles. The van der Waals surface area contributed by atoms with Crippen molar-refractivity contribution in [1.82, 2.24) is 10.2 Å². The van der Waals surface area contributed by atoms with Gasteiger partial charge in [0.1, 0.15) is 5.82 Å². The van der Waals surface area contributed by atoms with E-state index in [9.17, 15) is 4.79 Å². The van der Waals surface area contributed by atoms with Gasteiger partial charge in [0, 0.05) is 24.4 Å². The molecule has 2 heterocycles. The van der Waals surface area contributed by atoms with Gasteiger partial charge >= 0.3 is 0 Å². The van der Waals surface area contributed by atoms with Crippen LogP contribution < -0.4 is 4.90 Å². The minimum absolute atomic E-state index is 0.0144. The van der Waals surface area contributed by atoms with Gasteiger partial charge in [0.25, 0.3) is 0 Å². The molecular weight excluding hydrogens is 238 g/mol. The Labute approximate surface area is 111 Å². The van der Waals surface area contributed by atoms with E-state index in [1.165, 1.54) is 0 Å². The summed E-state index contributed by atoms with van der Waals surface area (Å²) < 4.78 is 0. The number of anilines is 1. The third-order valence-corrected chi connectivity index (χ3v) is 3.33. The van der Waals surface area contributed by atoms with Crippen LogP contribution in [0.4, 0.5) is 5.82 Å². The fourth-order valence-electron chi connectivity index (χ4n) is 2.35. The van der Waals surface area contributed by atoms with Crippen molar-refractivity contribution in [3.8, 4) is 23.5 Å². The fourth-order valence-corrected chi connectivity index (χ4v) is 2.35. The molecule has 0 aliphatic carbocycles. The number of rotatable bonds is 2. The van der Waals surface area contributed by atoms with Crippen molar-refractivity contribution in [2.45, 2.75) is 6.42 Å². The first-order chi connectivity index (χ1) is 9.29. The summed E-state index contributed by atoms with van der Waals surface area (Å²) in [6, 6.07) is 9.87. The standard InChI is InChI=1S/C15H13N3O/c1-2-11-8-14(19)18(10-11)15-13(9-16-17-15)12-6-4-3-5-7-12/h1,3-7,9,11H,8,10H2,(H,16,17). The first-order valence-electron chi connectivity index (χ1n) is 6.15. The van der Waals surface area contributed by atoms with E-state index in [-0.39, 0.29) is 11.8 Å². The Hall–Kier alpha value is -2.54. The van der Waals surface area contributed by atoms with Crippen LogP contribution in [0.2, 0.25) is 0 Å². The predicted octanol–water partition coefficient (Wildman–Crippen LogP) is 2.06. The van der Waals surface area contributed by atoms with Gasteiger partial charge in [0.2, 0.25) is 5.91 Å². The molecule has 94 valence electrons. The van der Waals surface area contributed by atoms with Crippen molar-refractivity contribution < 1.29 is 4.79 Å². The molecular formula is C15H13N3O. The lowest BCUT2D eigenvalue weighted by molar-refractivity contribution is -0.117. The molecule has 1 amide bonds. The zero-order valence-corrected chi connectivity index (χ0v) is 10.3. The first-order valence-corrected chi connectivity index (χ1v) is 6.15. The monoisotopic (exact) mass is 251 g/mol. The molecule has 1 aliphatic rings. The summed E-state index contributed by atoms with van der Waals surface area (Å²) in [5.41, 5.74) is 1.95. The molecule has 1 atom stereocenters. The van der Waals surface area contributed by atoms with Crippen molar-refractivity contribution in [3.05, 3.63) is 36.5 Å². The third-order valence-electron chi connectivity index (χ3n) is 3.33. The molecule has 2 aromatic rings. The van der Waals surface area contributed by atoms with E-state index in [0.29, 0.717) is 13.0 Å². The smallest absolute Gasteiger partial charge is 0.229 e. The summed E-state index contributed by atoms with van der Waals surface area (Å²) in [6.07, 6.45) is 7.55. The third kappa shape index (κ3) is 2.00. The number of carbonyl (C=O) groups is 1. The second-order valence-corrected chi connectivity index (χ2v) is 4.57. The predicted molar refractivity (Wildman–Crippen MR) is 73.3 cm³/mol. The Morgan fingerprint density at radius 2 is 2.16 bits per heavy atom. The Bertz CT molecular complexity index is 639. The molecule has 1 unspecified atom stereocenters. The van der Waals surface area contributed by atoms with Gasteiger partial charge in [0.15, 0.2) is 0 Å². The van der Waals surface area contributed by atoms with Crippen LogP contribution in [0.15, 0.2) is 36.5 Å². The van der Waals surface area contributed by atoms with Crippen LogP contribution >= 0.6 is 0 Å². The molecule has 1 saturated heterocycles. The summed E-state index contributed by atoms with van der Waals surface area (Å²) in [4.78, 5) is 13.7. The Morgan fingerprint density at radius 1 is 1.37 bits per heavy atom. The summed E-state index contributed by atoms with van der Waals surface area (Å²) >= 11 is 0. The van der Waals surface area contributed by atoms with E-state index in [4.69, 9.17) is 6.42 Å². The summed E-state index contributed by atoms with van der Waals surface area (Å²) in [6.45, 7) is 0.553. The Balaban J connectivity index is 1.98. The maximum Gasteiger partial charge on any atom is 0.229 e. The van der Waals surface area contributed by atoms with Crippen LogP contribution in [0, 0.1) is 18.3 Å². The number of H-pyrrole nitrogens is 1. The molecule has 4 nitrogen and oxygen atoms in total. The first kappa shape index (κ1) is 11.5. The highest BCUT2D eigenvalue weighted by Gasteiger charge is 2.31. The van der Waals surface area contributed by atoms with Crippen LogP contribution in [-0.4, -0.2) is 22.6 Å². The topological polar surface area (TPSA) is 49.0 Å². The zero-order valence-electron chi connectivity index (χ0n) is 10.3.